The zero-order valence-corrected chi connectivity index (χ0v) is 14.0. The smallest absolute Gasteiger partial charge is 0.244 e. The van der Waals surface area contributed by atoms with E-state index in [-0.39, 0.29) is 22.6 Å². The molecule has 0 heterocycles. The molecule has 122 valence electrons. The lowest BCUT2D eigenvalue weighted by Gasteiger charge is -2.10. The number of methoxy groups -OCH3 is 1. The van der Waals surface area contributed by atoms with Crippen LogP contribution in [0.25, 0.3) is 6.08 Å². The summed E-state index contributed by atoms with van der Waals surface area (Å²) in [5.41, 5.74) is 0.592. The molecule has 7 heteroatoms. The summed E-state index contributed by atoms with van der Waals surface area (Å²) in [4.78, 5) is 11.7. The summed E-state index contributed by atoms with van der Waals surface area (Å²) in [7, 11) is -0.902. The molecule has 0 aliphatic carbocycles. The lowest BCUT2D eigenvalue weighted by atomic mass is 10.2. The first-order valence-corrected chi connectivity index (χ1v) is 8.42. The number of benzene rings is 1. The molecule has 1 aromatic rings. The number of hydrogen-bond donors (Lipinski definition) is 2. The van der Waals surface area contributed by atoms with Gasteiger partial charge in [0.2, 0.25) is 15.9 Å². The van der Waals surface area contributed by atoms with Crippen LogP contribution in [0, 0.1) is 0 Å². The second-order valence-electron chi connectivity index (χ2n) is 4.77. The van der Waals surface area contributed by atoms with E-state index in [4.69, 9.17) is 4.74 Å². The fraction of sp³-hybridized carbons (Fsp3) is 0.400. The van der Waals surface area contributed by atoms with Gasteiger partial charge >= 0.3 is 0 Å². The van der Waals surface area contributed by atoms with Gasteiger partial charge in [0, 0.05) is 12.1 Å². The Kier molecular flexibility index (Phi) is 6.58. The van der Waals surface area contributed by atoms with Gasteiger partial charge in [0.05, 0.1) is 7.11 Å². The highest BCUT2D eigenvalue weighted by Gasteiger charge is 2.17. The van der Waals surface area contributed by atoms with Crippen molar-refractivity contribution >= 4 is 22.0 Å². The number of hydrogen-bond acceptors (Lipinski definition) is 4. The second kappa shape index (κ2) is 7.95. The average molecular weight is 326 g/mol. The molecule has 0 bridgehead atoms. The maximum Gasteiger partial charge on any atom is 0.244 e. The van der Waals surface area contributed by atoms with Gasteiger partial charge in [-0.15, -0.1) is 0 Å². The van der Waals surface area contributed by atoms with Gasteiger partial charge in [-0.25, -0.2) is 13.1 Å². The molecule has 1 atom stereocenters. The van der Waals surface area contributed by atoms with E-state index in [1.807, 2.05) is 13.8 Å². The van der Waals surface area contributed by atoms with Crippen LogP contribution in [0.2, 0.25) is 0 Å². The molecule has 1 amide bonds. The van der Waals surface area contributed by atoms with Gasteiger partial charge in [-0.2, -0.15) is 0 Å². The van der Waals surface area contributed by atoms with Crippen molar-refractivity contribution in [2.45, 2.75) is 31.2 Å². The largest absolute Gasteiger partial charge is 0.495 e. The molecule has 2 N–H and O–H groups in total. The molecule has 6 nitrogen and oxygen atoms in total. The molecule has 0 radical (unpaired) electrons. The second-order valence-corrected chi connectivity index (χ2v) is 6.62. The molecule has 1 rings (SSSR count). The number of carbonyl (C=O) groups is 1. The summed E-state index contributed by atoms with van der Waals surface area (Å²) < 4.78 is 31.2. The predicted molar refractivity (Wildman–Crippen MR) is 86.2 cm³/mol. The highest BCUT2D eigenvalue weighted by Crippen LogP contribution is 2.25. The van der Waals surface area contributed by atoms with Gasteiger partial charge in [0.1, 0.15) is 10.6 Å². The first-order chi connectivity index (χ1) is 10.3. The van der Waals surface area contributed by atoms with Crippen molar-refractivity contribution in [2.24, 2.45) is 0 Å². The van der Waals surface area contributed by atoms with Gasteiger partial charge in [0.25, 0.3) is 0 Å². The van der Waals surface area contributed by atoms with Crippen LogP contribution in [-0.2, 0) is 14.8 Å². The number of ether oxygens (including phenoxy) is 1. The molecule has 0 saturated carbocycles. The average Bonchev–Trinajstić information content (AvgIpc) is 2.52. The predicted octanol–water partition coefficient (Wildman–Crippen LogP) is 1.53. The van der Waals surface area contributed by atoms with Crippen molar-refractivity contribution in [2.75, 3.05) is 14.2 Å². The maximum absolute atomic E-state index is 12.0. The number of sulfonamides is 1. The van der Waals surface area contributed by atoms with E-state index in [0.29, 0.717) is 5.56 Å². The maximum atomic E-state index is 12.0. The SMILES string of the molecule is CCC(C)NC(=O)/C=C/c1ccc(OC)c(S(=O)(=O)NC)c1. The van der Waals surface area contributed by atoms with Gasteiger partial charge < -0.3 is 10.1 Å². The number of rotatable bonds is 7. The van der Waals surface area contributed by atoms with Crippen LogP contribution < -0.4 is 14.8 Å². The van der Waals surface area contributed by atoms with Crippen LogP contribution in [0.5, 0.6) is 5.75 Å². The number of carbonyl (C=O) groups excluding carboxylic acids is 1. The molecule has 1 aromatic carbocycles. The summed E-state index contributed by atoms with van der Waals surface area (Å²) in [6.45, 7) is 3.89. The molecule has 1 unspecified atom stereocenters. The first-order valence-electron chi connectivity index (χ1n) is 6.94. The minimum Gasteiger partial charge on any atom is -0.495 e. The number of amides is 1. The molecule has 0 saturated heterocycles. The normalized spacial score (nSPS) is 13.1. The van der Waals surface area contributed by atoms with Crippen LogP contribution in [0.3, 0.4) is 0 Å². The standard InChI is InChI=1S/C15H22N2O4S/c1-5-11(2)17-15(18)9-7-12-6-8-13(21-4)14(10-12)22(19,20)16-3/h6-11,16H,5H2,1-4H3,(H,17,18)/b9-7+. The molecular formula is C15H22N2O4S. The summed E-state index contributed by atoms with van der Waals surface area (Å²) in [5.74, 6) is 0.0266. The third-order valence-electron chi connectivity index (χ3n) is 3.17. The highest BCUT2D eigenvalue weighted by molar-refractivity contribution is 7.89. The Morgan fingerprint density at radius 3 is 2.64 bits per heavy atom. The molecule has 0 spiro atoms. The zero-order valence-electron chi connectivity index (χ0n) is 13.2. The lowest BCUT2D eigenvalue weighted by Crippen LogP contribution is -2.30. The van der Waals surface area contributed by atoms with E-state index in [1.165, 1.54) is 26.3 Å². The highest BCUT2D eigenvalue weighted by atomic mass is 32.2. The van der Waals surface area contributed by atoms with E-state index in [2.05, 4.69) is 10.0 Å². The van der Waals surface area contributed by atoms with Gasteiger partial charge in [-0.3, -0.25) is 4.79 Å². The van der Waals surface area contributed by atoms with Crippen LogP contribution in [0.1, 0.15) is 25.8 Å². The topological polar surface area (TPSA) is 84.5 Å². The Morgan fingerprint density at radius 1 is 1.41 bits per heavy atom. The van der Waals surface area contributed by atoms with Crippen molar-refractivity contribution in [1.29, 1.82) is 0 Å². The van der Waals surface area contributed by atoms with Crippen molar-refractivity contribution in [3.05, 3.63) is 29.8 Å². The molecule has 22 heavy (non-hydrogen) atoms. The lowest BCUT2D eigenvalue weighted by molar-refractivity contribution is -0.117. The Bertz CT molecular complexity index is 654. The molecule has 0 aliphatic rings. The third-order valence-corrected chi connectivity index (χ3v) is 4.61. The van der Waals surface area contributed by atoms with Crippen LogP contribution in [0.15, 0.2) is 29.2 Å². The quantitative estimate of drug-likeness (QED) is 0.744. The molecular weight excluding hydrogens is 304 g/mol. The fourth-order valence-corrected chi connectivity index (χ4v) is 2.61. The van der Waals surface area contributed by atoms with Crippen molar-refractivity contribution in [3.8, 4) is 5.75 Å². The first kappa shape index (κ1) is 18.2. The van der Waals surface area contributed by atoms with Crippen LogP contribution >= 0.6 is 0 Å². The zero-order chi connectivity index (χ0) is 16.8. The van der Waals surface area contributed by atoms with E-state index < -0.39 is 10.0 Å². The van der Waals surface area contributed by atoms with Crippen LogP contribution in [0.4, 0.5) is 0 Å². The minimum atomic E-state index is -3.63. The molecule has 0 fully saturated rings. The summed E-state index contributed by atoms with van der Waals surface area (Å²) in [6.07, 6.45) is 3.78. The summed E-state index contributed by atoms with van der Waals surface area (Å²) >= 11 is 0. The Hall–Kier alpha value is -1.86. The monoisotopic (exact) mass is 326 g/mol. The van der Waals surface area contributed by atoms with Gasteiger partial charge in [-0.1, -0.05) is 13.0 Å². The minimum absolute atomic E-state index is 0.0296. The van der Waals surface area contributed by atoms with Crippen LogP contribution in [-0.4, -0.2) is 34.5 Å². The Morgan fingerprint density at radius 2 is 2.09 bits per heavy atom. The fourth-order valence-electron chi connectivity index (χ4n) is 1.68. The van der Waals surface area contributed by atoms with Crippen molar-refractivity contribution in [3.63, 3.8) is 0 Å². The van der Waals surface area contributed by atoms with E-state index in [9.17, 15) is 13.2 Å². The molecule has 0 aromatic heterocycles. The van der Waals surface area contributed by atoms with E-state index in [1.54, 1.807) is 18.2 Å². The summed E-state index contributed by atoms with van der Waals surface area (Å²) in [6, 6.07) is 4.78. The Balaban J connectivity index is 3.03. The third kappa shape index (κ3) is 4.85. The number of nitrogens with one attached hydrogen (secondary N) is 2. The van der Waals surface area contributed by atoms with Gasteiger partial charge in [-0.05, 0) is 44.2 Å². The Labute approximate surface area is 131 Å². The van der Waals surface area contributed by atoms with Crippen molar-refractivity contribution in [1.82, 2.24) is 10.0 Å². The van der Waals surface area contributed by atoms with Crippen molar-refractivity contribution < 1.29 is 17.9 Å². The summed E-state index contributed by atoms with van der Waals surface area (Å²) in [5, 5.41) is 2.80. The van der Waals surface area contributed by atoms with E-state index >= 15 is 0 Å². The van der Waals surface area contributed by atoms with E-state index in [0.717, 1.165) is 6.42 Å². The molecule has 0 aliphatic heterocycles. The van der Waals surface area contributed by atoms with Gasteiger partial charge in [0.15, 0.2) is 0 Å².